The summed E-state index contributed by atoms with van der Waals surface area (Å²) in [5, 5.41) is 5.36. The maximum absolute atomic E-state index is 2.38. The van der Waals surface area contributed by atoms with Gasteiger partial charge >= 0.3 is 0 Å². The van der Waals surface area contributed by atoms with Crippen molar-refractivity contribution in [1.29, 1.82) is 0 Å². The second-order valence-electron chi connectivity index (χ2n) is 10.5. The molecule has 2 aliphatic heterocycles. The van der Waals surface area contributed by atoms with Crippen molar-refractivity contribution in [1.82, 2.24) is 0 Å². The molecule has 7 aromatic carbocycles. The number of benzene rings is 7. The zero-order valence-corrected chi connectivity index (χ0v) is 23.2. The van der Waals surface area contributed by atoms with E-state index in [9.17, 15) is 0 Å². The Hall–Kier alpha value is -4.24. The lowest BCUT2D eigenvalue weighted by molar-refractivity contribution is 1.34. The van der Waals surface area contributed by atoms with Crippen molar-refractivity contribution in [2.75, 3.05) is 0 Å². The van der Waals surface area contributed by atoms with Gasteiger partial charge in [0.25, 0.3) is 0 Å². The molecule has 2 heterocycles. The number of fused-ring (bicyclic) bond motifs is 5. The van der Waals surface area contributed by atoms with Crippen molar-refractivity contribution >= 4 is 45.1 Å². The minimum Gasteiger partial charge on any atom is -0.0887 e. The van der Waals surface area contributed by atoms with Crippen LogP contribution in [0.15, 0.2) is 153 Å². The molecule has 0 unspecified atom stereocenters. The molecule has 0 aromatic heterocycles. The third kappa shape index (κ3) is 3.37. The summed E-state index contributed by atoms with van der Waals surface area (Å²) < 4.78 is 0. The summed E-state index contributed by atoms with van der Waals surface area (Å²) in [6.07, 6.45) is 0. The van der Waals surface area contributed by atoms with Crippen molar-refractivity contribution in [2.45, 2.75) is 19.6 Å². The van der Waals surface area contributed by atoms with Gasteiger partial charge in [0.2, 0.25) is 0 Å². The third-order valence-corrected chi connectivity index (χ3v) is 10.5. The van der Waals surface area contributed by atoms with E-state index in [1.54, 1.807) is 0 Å². The van der Waals surface area contributed by atoms with Crippen LogP contribution in [0.4, 0.5) is 0 Å². The smallest absolute Gasteiger partial charge is 0.0208 e. The highest BCUT2D eigenvalue weighted by Crippen LogP contribution is 2.56. The van der Waals surface area contributed by atoms with Gasteiger partial charge in [0, 0.05) is 30.4 Å². The van der Waals surface area contributed by atoms with E-state index in [1.807, 2.05) is 23.5 Å². The van der Waals surface area contributed by atoms with Crippen LogP contribution in [0, 0.1) is 0 Å². The Morgan fingerprint density at radius 2 is 0.800 bits per heavy atom. The van der Waals surface area contributed by atoms with Crippen molar-refractivity contribution in [2.24, 2.45) is 0 Å². The van der Waals surface area contributed by atoms with E-state index in [-0.39, 0.29) is 0 Å². The van der Waals surface area contributed by atoms with Crippen molar-refractivity contribution in [3.8, 4) is 44.5 Å². The van der Waals surface area contributed by atoms with Gasteiger partial charge in [-0.05, 0) is 85.6 Å². The standard InChI is InChI=1S/C38H22S2/c1-2-6-23(7-3-1)27-12-14-29-31-16-17-32-30-15-13-28(26-11-10-24-8-4-5-9-25(24)20-26)22-36(30)40-34-19-18-33(37(31)38(32)34)39-35(29)21-27/h1-22H. The summed E-state index contributed by atoms with van der Waals surface area (Å²) >= 11 is 3.82. The molecule has 0 bridgehead atoms. The summed E-state index contributed by atoms with van der Waals surface area (Å²) in [4.78, 5) is 5.37. The molecule has 2 aliphatic rings. The fourth-order valence-electron chi connectivity index (χ4n) is 6.31. The van der Waals surface area contributed by atoms with Gasteiger partial charge in [-0.1, -0.05) is 127 Å². The minimum atomic E-state index is 1.26. The van der Waals surface area contributed by atoms with E-state index in [2.05, 4.69) is 133 Å². The summed E-state index contributed by atoms with van der Waals surface area (Å²) in [7, 11) is 0. The number of rotatable bonds is 2. The van der Waals surface area contributed by atoms with Crippen LogP contribution in [0.25, 0.3) is 66.1 Å². The van der Waals surface area contributed by atoms with Gasteiger partial charge < -0.3 is 0 Å². The molecule has 7 aromatic rings. The second kappa shape index (κ2) is 8.63. The highest BCUT2D eigenvalue weighted by atomic mass is 32.2. The van der Waals surface area contributed by atoms with Crippen LogP contribution in [0.5, 0.6) is 0 Å². The van der Waals surface area contributed by atoms with Crippen LogP contribution in [-0.2, 0) is 0 Å². The first-order chi connectivity index (χ1) is 19.8. The molecule has 0 radical (unpaired) electrons. The third-order valence-electron chi connectivity index (χ3n) is 8.26. The Morgan fingerprint density at radius 1 is 0.300 bits per heavy atom. The molecular weight excluding hydrogens is 521 g/mol. The topological polar surface area (TPSA) is 0 Å². The molecule has 0 atom stereocenters. The first kappa shape index (κ1) is 22.6. The molecule has 0 nitrogen and oxygen atoms in total. The van der Waals surface area contributed by atoms with E-state index in [4.69, 9.17) is 0 Å². The van der Waals surface area contributed by atoms with E-state index in [0.29, 0.717) is 0 Å². The van der Waals surface area contributed by atoms with Crippen LogP contribution in [0.3, 0.4) is 0 Å². The molecule has 186 valence electrons. The lowest BCUT2D eigenvalue weighted by Crippen LogP contribution is -1.99. The van der Waals surface area contributed by atoms with Gasteiger partial charge in [-0.15, -0.1) is 0 Å². The molecule has 0 saturated heterocycles. The van der Waals surface area contributed by atoms with E-state index >= 15 is 0 Å². The molecule has 0 amide bonds. The lowest BCUT2D eigenvalue weighted by atomic mass is 9.90. The van der Waals surface area contributed by atoms with Gasteiger partial charge in [0.1, 0.15) is 0 Å². The van der Waals surface area contributed by atoms with Gasteiger partial charge in [-0.2, -0.15) is 0 Å². The average molecular weight is 543 g/mol. The summed E-state index contributed by atoms with van der Waals surface area (Å²) in [6.45, 7) is 0. The molecule has 0 spiro atoms. The SMILES string of the molecule is c1ccc(-c2ccc3c(c2)Sc2ccc4c5c(ccc-3c25)-c2ccc(-c3ccc5ccccc5c3)cc2S4)cc1. The second-order valence-corrected chi connectivity index (χ2v) is 12.7. The maximum Gasteiger partial charge on any atom is 0.0208 e. The molecule has 0 N–H and O–H groups in total. The first-order valence-corrected chi connectivity index (χ1v) is 15.2. The van der Waals surface area contributed by atoms with Crippen molar-refractivity contribution < 1.29 is 0 Å². The Bertz CT molecular complexity index is 2160. The predicted molar refractivity (Wildman–Crippen MR) is 171 cm³/mol. The fraction of sp³-hybridized carbons (Fsp3) is 0. The quantitative estimate of drug-likeness (QED) is 0.213. The van der Waals surface area contributed by atoms with Crippen LogP contribution < -0.4 is 0 Å². The summed E-state index contributed by atoms with van der Waals surface area (Å²) in [6, 6.07) is 49.4. The Morgan fingerprint density at radius 3 is 1.45 bits per heavy atom. The van der Waals surface area contributed by atoms with Crippen LogP contribution >= 0.6 is 23.5 Å². The van der Waals surface area contributed by atoms with Crippen molar-refractivity contribution in [3.05, 3.63) is 133 Å². The van der Waals surface area contributed by atoms with E-state index in [1.165, 1.54) is 85.6 Å². The zero-order chi connectivity index (χ0) is 26.2. The number of hydrogen-bond donors (Lipinski definition) is 0. The molecule has 0 saturated carbocycles. The van der Waals surface area contributed by atoms with Gasteiger partial charge in [0.05, 0.1) is 0 Å². The van der Waals surface area contributed by atoms with Crippen molar-refractivity contribution in [3.63, 3.8) is 0 Å². The molecule has 40 heavy (non-hydrogen) atoms. The molecular formula is C38H22S2. The van der Waals surface area contributed by atoms with Gasteiger partial charge in [-0.3, -0.25) is 0 Å². The van der Waals surface area contributed by atoms with E-state index < -0.39 is 0 Å². The fourth-order valence-corrected chi connectivity index (χ4v) is 8.63. The Kier molecular flexibility index (Phi) is 4.87. The Labute approximate surface area is 241 Å². The van der Waals surface area contributed by atoms with Gasteiger partial charge in [0.15, 0.2) is 0 Å². The normalized spacial score (nSPS) is 12.8. The average Bonchev–Trinajstić information content (AvgIpc) is 3.02. The maximum atomic E-state index is 2.38. The van der Waals surface area contributed by atoms with E-state index in [0.717, 1.165) is 0 Å². The molecule has 9 rings (SSSR count). The minimum absolute atomic E-state index is 1.26. The monoisotopic (exact) mass is 542 g/mol. The summed E-state index contributed by atoms with van der Waals surface area (Å²) in [5.41, 5.74) is 10.4. The molecule has 0 fully saturated rings. The molecule has 0 aliphatic carbocycles. The lowest BCUT2D eigenvalue weighted by Gasteiger charge is -2.27. The zero-order valence-electron chi connectivity index (χ0n) is 21.5. The largest absolute Gasteiger partial charge is 0.0887 e. The predicted octanol–water partition coefficient (Wildman–Crippen LogP) is 11.6. The van der Waals surface area contributed by atoms with Crippen LogP contribution in [-0.4, -0.2) is 0 Å². The Balaban J connectivity index is 1.17. The van der Waals surface area contributed by atoms with Crippen LogP contribution in [0.1, 0.15) is 0 Å². The van der Waals surface area contributed by atoms with Crippen LogP contribution in [0.2, 0.25) is 0 Å². The van der Waals surface area contributed by atoms with Gasteiger partial charge in [-0.25, -0.2) is 0 Å². The highest BCUT2D eigenvalue weighted by Gasteiger charge is 2.27. The number of hydrogen-bond acceptors (Lipinski definition) is 2. The summed E-state index contributed by atoms with van der Waals surface area (Å²) in [5.74, 6) is 0. The first-order valence-electron chi connectivity index (χ1n) is 13.6. The molecule has 2 heteroatoms. The highest BCUT2D eigenvalue weighted by molar-refractivity contribution is 8.00.